The van der Waals surface area contributed by atoms with E-state index in [0.717, 1.165) is 31.8 Å². The number of benzene rings is 1. The summed E-state index contributed by atoms with van der Waals surface area (Å²) in [4.78, 5) is 32.8. The molecule has 0 spiro atoms. The minimum atomic E-state index is -4.27. The number of anilines is 1. The number of carbonyl (C=O) groups is 2. The molecule has 4 aromatic heterocycles. The van der Waals surface area contributed by atoms with Crippen molar-refractivity contribution in [3.05, 3.63) is 109 Å². The molecule has 6 heterocycles. The van der Waals surface area contributed by atoms with Gasteiger partial charge in [-0.15, -0.1) is 12.4 Å². The number of likely N-dealkylation sites (tertiary alicyclic amines) is 1. The first-order chi connectivity index (χ1) is 31.0. The quantitative estimate of drug-likeness (QED) is 0.110. The van der Waals surface area contributed by atoms with E-state index in [1.54, 1.807) is 36.7 Å². The number of hydrogen-bond donors (Lipinski definition) is 2. The number of ether oxygens (including phenoxy) is 3. The third-order valence-corrected chi connectivity index (χ3v) is 15.4. The van der Waals surface area contributed by atoms with Crippen LogP contribution in [0.15, 0.2) is 114 Å². The molecule has 0 aliphatic carbocycles. The molecule has 5 aromatic rings. The smallest absolute Gasteiger partial charge is 0.321 e. The molecular formula is C43H52ClF2N9O9S2. The molecule has 2 fully saturated rings. The van der Waals surface area contributed by atoms with Crippen molar-refractivity contribution in [3.8, 4) is 17.5 Å². The Morgan fingerprint density at radius 1 is 0.712 bits per heavy atom. The Hall–Kier alpha value is -5.97. The lowest BCUT2D eigenvalue weighted by Gasteiger charge is -2.37. The van der Waals surface area contributed by atoms with Gasteiger partial charge < -0.3 is 29.7 Å². The maximum absolute atomic E-state index is 15.5. The summed E-state index contributed by atoms with van der Waals surface area (Å²) in [7, 11) is -5.50. The predicted octanol–water partition coefficient (Wildman–Crippen LogP) is 5.88. The number of carbonyl (C=O) groups excluding carboxylic acids is 2. The van der Waals surface area contributed by atoms with E-state index < -0.39 is 41.5 Å². The van der Waals surface area contributed by atoms with E-state index in [1.165, 1.54) is 55.8 Å². The zero-order valence-electron chi connectivity index (χ0n) is 36.6. The van der Waals surface area contributed by atoms with E-state index in [9.17, 15) is 30.8 Å². The van der Waals surface area contributed by atoms with Crippen LogP contribution in [-0.2, 0) is 30.9 Å². The summed E-state index contributed by atoms with van der Waals surface area (Å²) < 4.78 is 96.0. The van der Waals surface area contributed by atoms with Gasteiger partial charge in [0.2, 0.25) is 41.4 Å². The largest absolute Gasteiger partial charge is 0.481 e. The normalized spacial score (nSPS) is 16.2. The van der Waals surface area contributed by atoms with E-state index in [2.05, 4.69) is 41.0 Å². The molecule has 0 radical (unpaired) electrons. The number of urea groups is 1. The summed E-state index contributed by atoms with van der Waals surface area (Å²) in [5.41, 5.74) is 1.29. The molecule has 18 nitrogen and oxygen atoms in total. The fourth-order valence-electron chi connectivity index (χ4n) is 6.94. The van der Waals surface area contributed by atoms with Gasteiger partial charge in [0.05, 0.1) is 54.7 Å². The molecule has 1 aromatic carbocycles. The average molecular weight is 977 g/mol. The summed E-state index contributed by atoms with van der Waals surface area (Å²) in [6.45, 7) is 4.00. The average Bonchev–Trinajstić information content (AvgIpc) is 3.33. The lowest BCUT2D eigenvalue weighted by molar-refractivity contribution is -0.133. The first kappa shape index (κ1) is 52.7. The molecule has 2 aliphatic rings. The van der Waals surface area contributed by atoms with Gasteiger partial charge in [-0.05, 0) is 94.6 Å². The molecule has 0 bridgehead atoms. The summed E-state index contributed by atoms with van der Waals surface area (Å²) in [5, 5.41) is 15.7. The lowest BCUT2D eigenvalue weighted by Crippen LogP contribution is -2.48. The Morgan fingerprint density at radius 2 is 1.23 bits per heavy atom. The fraction of sp³-hybridized carbons (Fsp3) is 0.395. The monoisotopic (exact) mass is 975 g/mol. The molecule has 2 amide bonds. The van der Waals surface area contributed by atoms with Crippen LogP contribution in [0, 0.1) is 11.8 Å². The number of nitrogens with zero attached hydrogens (tertiary/aromatic N) is 7. The van der Waals surface area contributed by atoms with E-state index in [-0.39, 0.29) is 72.4 Å². The maximum atomic E-state index is 15.5. The number of aromatic nitrogens is 6. The number of sulfone groups is 2. The van der Waals surface area contributed by atoms with Gasteiger partial charge in [-0.3, -0.25) is 4.79 Å². The Bertz CT molecular complexity index is 2470. The van der Waals surface area contributed by atoms with Gasteiger partial charge in [0, 0.05) is 55.6 Å². The highest BCUT2D eigenvalue weighted by atomic mass is 35.5. The van der Waals surface area contributed by atoms with Crippen molar-refractivity contribution >= 4 is 49.8 Å². The summed E-state index contributed by atoms with van der Waals surface area (Å²) in [5.74, 6) is -0.467. The van der Waals surface area contributed by atoms with Crippen molar-refractivity contribution < 1.29 is 49.4 Å². The molecule has 2 aliphatic heterocycles. The second kappa shape index (κ2) is 24.0. The van der Waals surface area contributed by atoms with Crippen LogP contribution in [0.3, 0.4) is 0 Å². The maximum Gasteiger partial charge on any atom is 0.321 e. The van der Waals surface area contributed by atoms with Crippen molar-refractivity contribution in [2.24, 2.45) is 11.8 Å². The first-order valence-corrected chi connectivity index (χ1v) is 23.4. The fourth-order valence-corrected chi connectivity index (χ4v) is 10.1. The van der Waals surface area contributed by atoms with Gasteiger partial charge in [0.15, 0.2) is 0 Å². The number of esters is 1. The van der Waals surface area contributed by atoms with E-state index >= 15 is 4.39 Å². The first-order valence-electron chi connectivity index (χ1n) is 20.4. The molecule has 2 saturated heterocycles. The molecule has 2 N–H and O–H groups in total. The summed E-state index contributed by atoms with van der Waals surface area (Å²) in [6, 6.07) is 17.4. The van der Waals surface area contributed by atoms with Crippen LogP contribution < -0.4 is 24.8 Å². The molecular weight excluding hydrogens is 924 g/mol. The molecule has 356 valence electrons. The standard InChI is InChI=1S/C18H22FN5O4S.C13H19FN2O3S.C12H10N2O2.ClH/c1-18(19,29(26,27)15-3-4-16(28-2)20-12-15)13-6-9-24(10-7-13)17(25)23-14-5-8-21-22-11-14;1-13(14,10-5-7-15-8-6-10)20(17,18)11-3-4-12(19-2)16-9-11;15-12(8-10-6-7-13-14-9-10)16-11-4-2-1-3-5-11;/h3-5,8,11-13H,6-7,9-10H2,1-2H3,(H,21,23,25);3-4,9-10,15H,5-8H2,1-2H3;1-7,9H,8H2;1H. The van der Waals surface area contributed by atoms with E-state index in [4.69, 9.17) is 14.2 Å². The predicted molar refractivity (Wildman–Crippen MR) is 241 cm³/mol. The topological polar surface area (TPSA) is 235 Å². The van der Waals surface area contributed by atoms with Crippen LogP contribution in [0.25, 0.3) is 0 Å². The molecule has 2 atom stereocenters. The number of pyridine rings is 2. The van der Waals surface area contributed by atoms with Crippen molar-refractivity contribution in [1.82, 2.24) is 40.6 Å². The number of hydrogen-bond acceptors (Lipinski definition) is 16. The highest BCUT2D eigenvalue weighted by Crippen LogP contribution is 2.40. The van der Waals surface area contributed by atoms with Crippen LogP contribution in [0.2, 0.25) is 0 Å². The van der Waals surface area contributed by atoms with Crippen LogP contribution in [-0.4, -0.2) is 114 Å². The van der Waals surface area contributed by atoms with Gasteiger partial charge in [-0.25, -0.2) is 40.4 Å². The van der Waals surface area contributed by atoms with Gasteiger partial charge >= 0.3 is 12.0 Å². The van der Waals surface area contributed by atoms with Crippen LogP contribution in [0.4, 0.5) is 19.3 Å². The highest BCUT2D eigenvalue weighted by molar-refractivity contribution is 7.93. The van der Waals surface area contributed by atoms with Crippen molar-refractivity contribution in [2.45, 2.75) is 65.7 Å². The van der Waals surface area contributed by atoms with Crippen LogP contribution in [0.5, 0.6) is 17.5 Å². The minimum Gasteiger partial charge on any atom is -0.481 e. The van der Waals surface area contributed by atoms with E-state index in [0.29, 0.717) is 43.2 Å². The van der Waals surface area contributed by atoms with Crippen LogP contribution >= 0.6 is 12.4 Å². The Labute approximate surface area is 388 Å². The van der Waals surface area contributed by atoms with Gasteiger partial charge in [0.1, 0.15) is 5.75 Å². The van der Waals surface area contributed by atoms with Crippen LogP contribution in [0.1, 0.15) is 45.1 Å². The lowest BCUT2D eigenvalue weighted by atomic mass is 9.92. The number of amides is 2. The van der Waals surface area contributed by atoms with E-state index in [1.807, 2.05) is 18.2 Å². The number of para-hydroxylation sites is 1. The Balaban J connectivity index is 0.000000226. The number of alkyl halides is 2. The molecule has 7 rings (SSSR count). The van der Waals surface area contributed by atoms with Gasteiger partial charge in [-0.2, -0.15) is 20.4 Å². The SMILES string of the molecule is COc1ccc(S(=O)(=O)C(C)(F)C2CCN(C(=O)Nc3ccnnc3)CC2)cn1.COc1ccc(S(=O)(=O)C(C)(F)C2CCNCC2)cn1.Cl.O=C(Cc1ccnnc1)Oc1ccccc1. The number of methoxy groups -OCH3 is 2. The molecule has 23 heteroatoms. The van der Waals surface area contributed by atoms with Crippen molar-refractivity contribution in [3.63, 3.8) is 0 Å². The van der Waals surface area contributed by atoms with Crippen molar-refractivity contribution in [1.29, 1.82) is 0 Å². The van der Waals surface area contributed by atoms with Gasteiger partial charge in [0.25, 0.3) is 0 Å². The third-order valence-electron chi connectivity index (χ3n) is 10.9. The minimum absolute atomic E-state index is 0. The third kappa shape index (κ3) is 13.5. The Morgan fingerprint density at radius 3 is 1.68 bits per heavy atom. The number of nitrogens with one attached hydrogen (secondary N) is 2. The highest BCUT2D eigenvalue weighted by Gasteiger charge is 2.49. The van der Waals surface area contributed by atoms with Gasteiger partial charge in [-0.1, -0.05) is 18.2 Å². The molecule has 2 unspecified atom stereocenters. The molecule has 66 heavy (non-hydrogen) atoms. The zero-order chi connectivity index (χ0) is 47.1. The van der Waals surface area contributed by atoms with Crippen molar-refractivity contribution in [2.75, 3.05) is 45.7 Å². The zero-order valence-corrected chi connectivity index (χ0v) is 39.1. The number of piperidine rings is 2. The Kier molecular flexibility index (Phi) is 19.1. The second-order valence-electron chi connectivity index (χ2n) is 15.1. The number of rotatable bonds is 12. The molecule has 0 saturated carbocycles. The summed E-state index contributed by atoms with van der Waals surface area (Å²) >= 11 is 0. The number of halogens is 3. The second-order valence-corrected chi connectivity index (χ2v) is 19.7. The summed E-state index contributed by atoms with van der Waals surface area (Å²) in [6.07, 6.45) is 9.86.